The van der Waals surface area contributed by atoms with E-state index in [-0.39, 0.29) is 12.2 Å². The monoisotopic (exact) mass is 503 g/mol. The van der Waals surface area contributed by atoms with Gasteiger partial charge >= 0.3 is 5.97 Å². The third-order valence-corrected chi connectivity index (χ3v) is 7.02. The van der Waals surface area contributed by atoms with Crippen molar-refractivity contribution >= 4 is 17.4 Å². The summed E-state index contributed by atoms with van der Waals surface area (Å²) in [6, 6.07) is 32.6. The summed E-state index contributed by atoms with van der Waals surface area (Å²) in [5.41, 5.74) is 3.03. The van der Waals surface area contributed by atoms with E-state index in [2.05, 4.69) is 6.58 Å². The molecule has 4 aromatic carbocycles. The second kappa shape index (κ2) is 10.8. The number of hydrogen-bond donors (Lipinski definition) is 0. The molecule has 0 aromatic heterocycles. The van der Waals surface area contributed by atoms with Gasteiger partial charge in [0.05, 0.1) is 12.7 Å². The Morgan fingerprint density at radius 1 is 0.947 bits per heavy atom. The van der Waals surface area contributed by atoms with Gasteiger partial charge in [0.25, 0.3) is 0 Å². The largest absolute Gasteiger partial charge is 0.488 e. The quantitative estimate of drug-likeness (QED) is 0.204. The van der Waals surface area contributed by atoms with E-state index in [0.717, 1.165) is 16.8 Å². The zero-order valence-electron chi connectivity index (χ0n) is 21.3. The van der Waals surface area contributed by atoms with E-state index in [1.807, 2.05) is 95.9 Å². The number of para-hydroxylation sites is 1. The molecule has 0 saturated heterocycles. The van der Waals surface area contributed by atoms with E-state index >= 15 is 0 Å². The lowest BCUT2D eigenvalue weighted by Gasteiger charge is -2.43. The van der Waals surface area contributed by atoms with Gasteiger partial charge in [0.15, 0.2) is 11.3 Å². The average Bonchev–Trinajstić information content (AvgIpc) is 3.11. The summed E-state index contributed by atoms with van der Waals surface area (Å²) in [5.74, 6) is -0.0946. The van der Waals surface area contributed by atoms with Crippen molar-refractivity contribution in [2.24, 2.45) is 0 Å². The number of carbonyl (C=O) groups is 2. The van der Waals surface area contributed by atoms with E-state index in [1.54, 1.807) is 18.2 Å². The summed E-state index contributed by atoms with van der Waals surface area (Å²) in [5, 5.41) is 0. The smallest absolute Gasteiger partial charge is 0.336 e. The van der Waals surface area contributed by atoms with Crippen molar-refractivity contribution in [2.45, 2.75) is 25.1 Å². The number of fused-ring (bicyclic) bond motifs is 2. The average molecular weight is 504 g/mol. The Morgan fingerprint density at radius 3 is 2.34 bits per heavy atom. The number of rotatable bonds is 8. The van der Waals surface area contributed by atoms with Gasteiger partial charge in [-0.25, -0.2) is 4.79 Å². The Balaban J connectivity index is 1.73. The van der Waals surface area contributed by atoms with Crippen molar-refractivity contribution in [3.05, 3.63) is 144 Å². The van der Waals surface area contributed by atoms with Crippen molar-refractivity contribution < 1.29 is 19.1 Å². The molecule has 0 fully saturated rings. The second-order valence-corrected chi connectivity index (χ2v) is 9.24. The van der Waals surface area contributed by atoms with E-state index in [4.69, 9.17) is 9.47 Å². The maximum Gasteiger partial charge on any atom is 0.336 e. The van der Waals surface area contributed by atoms with Crippen LogP contribution in [0.25, 0.3) is 0 Å². The molecule has 1 atom stereocenters. The molecule has 0 bridgehead atoms. The Bertz CT molecular complexity index is 1470. The summed E-state index contributed by atoms with van der Waals surface area (Å²) in [6.45, 7) is 4.72. The Morgan fingerprint density at radius 2 is 1.63 bits per heavy atom. The zero-order valence-corrected chi connectivity index (χ0v) is 21.3. The molecule has 0 aliphatic carbocycles. The normalized spacial score (nSPS) is 13.7. The fourth-order valence-corrected chi connectivity index (χ4v) is 5.15. The highest BCUT2D eigenvalue weighted by molar-refractivity contribution is 6.12. The minimum absolute atomic E-state index is 0.137. The van der Waals surface area contributed by atoms with Gasteiger partial charge in [-0.3, -0.25) is 4.79 Å². The highest BCUT2D eigenvalue weighted by Gasteiger charge is 2.47. The van der Waals surface area contributed by atoms with Gasteiger partial charge in [0.1, 0.15) is 12.4 Å². The number of benzene rings is 4. The fourth-order valence-electron chi connectivity index (χ4n) is 5.15. The van der Waals surface area contributed by atoms with Crippen LogP contribution in [0.2, 0.25) is 0 Å². The summed E-state index contributed by atoms with van der Waals surface area (Å²) in [6.07, 6.45) is 1.98. The van der Waals surface area contributed by atoms with E-state index in [1.165, 1.54) is 7.11 Å². The van der Waals surface area contributed by atoms with Crippen molar-refractivity contribution in [2.75, 3.05) is 12.0 Å². The SMILES string of the molecule is C=CCC(C(=O)OC)(c1ccc2c(c1)C(=O)c1ccccc1CO2)N(Cc1ccccc1)c1ccccc1. The zero-order chi connectivity index (χ0) is 26.5. The highest BCUT2D eigenvalue weighted by atomic mass is 16.5. The van der Waals surface area contributed by atoms with Crippen LogP contribution in [-0.2, 0) is 28.2 Å². The number of methoxy groups -OCH3 is 1. The fraction of sp³-hybridized carbons (Fsp3) is 0.152. The standard InChI is InChI=1S/C33H29NO4/c1-3-20-33(32(36)37-2,34(27-15-8-5-9-16-27)22-24-12-6-4-7-13-24)26-18-19-30-29(21-26)31(35)28-17-11-10-14-25(28)23-38-30/h3-19,21H,1,20,22-23H2,2H3. The number of nitrogens with zero attached hydrogens (tertiary/aromatic N) is 1. The Kier molecular flexibility index (Phi) is 7.09. The summed E-state index contributed by atoms with van der Waals surface area (Å²) in [4.78, 5) is 29.7. The van der Waals surface area contributed by atoms with E-state index in [0.29, 0.717) is 35.6 Å². The minimum Gasteiger partial charge on any atom is -0.488 e. The first-order valence-electron chi connectivity index (χ1n) is 12.5. The molecular weight excluding hydrogens is 474 g/mol. The molecule has 0 amide bonds. The third kappa shape index (κ3) is 4.48. The predicted molar refractivity (Wildman–Crippen MR) is 148 cm³/mol. The van der Waals surface area contributed by atoms with Gasteiger partial charge in [-0.15, -0.1) is 6.58 Å². The maximum absolute atomic E-state index is 13.9. The molecule has 0 N–H and O–H groups in total. The lowest BCUT2D eigenvalue weighted by Crippen LogP contribution is -2.52. The number of carbonyl (C=O) groups excluding carboxylic acids is 2. The highest BCUT2D eigenvalue weighted by Crippen LogP contribution is 2.41. The van der Waals surface area contributed by atoms with Gasteiger partial charge < -0.3 is 14.4 Å². The third-order valence-electron chi connectivity index (χ3n) is 7.02. The Labute approximate surface area is 223 Å². The Hall–Kier alpha value is -4.64. The van der Waals surface area contributed by atoms with Crippen molar-refractivity contribution in [3.63, 3.8) is 0 Å². The van der Waals surface area contributed by atoms with Crippen LogP contribution < -0.4 is 9.64 Å². The summed E-state index contributed by atoms with van der Waals surface area (Å²) >= 11 is 0. The minimum atomic E-state index is -1.30. The first kappa shape index (κ1) is 25.0. The molecule has 1 aliphatic rings. The first-order chi connectivity index (χ1) is 18.6. The molecule has 38 heavy (non-hydrogen) atoms. The van der Waals surface area contributed by atoms with Crippen LogP contribution in [0.5, 0.6) is 5.75 Å². The number of ketones is 1. The topological polar surface area (TPSA) is 55.8 Å². The van der Waals surface area contributed by atoms with Crippen LogP contribution in [0.15, 0.2) is 116 Å². The molecule has 0 spiro atoms. The van der Waals surface area contributed by atoms with Gasteiger partial charge in [0.2, 0.25) is 0 Å². The van der Waals surface area contributed by atoms with Crippen LogP contribution in [0, 0.1) is 0 Å². The molecular formula is C33H29NO4. The van der Waals surface area contributed by atoms with Crippen molar-refractivity contribution in [3.8, 4) is 5.75 Å². The molecule has 0 radical (unpaired) electrons. The molecule has 1 unspecified atom stereocenters. The molecule has 0 saturated carbocycles. The molecule has 5 heteroatoms. The summed E-state index contributed by atoms with van der Waals surface area (Å²) in [7, 11) is 1.39. The predicted octanol–water partition coefficient (Wildman–Crippen LogP) is 6.46. The number of ether oxygens (including phenoxy) is 2. The van der Waals surface area contributed by atoms with Gasteiger partial charge in [-0.2, -0.15) is 0 Å². The maximum atomic E-state index is 13.9. The number of esters is 1. The molecule has 5 nitrogen and oxygen atoms in total. The van der Waals surface area contributed by atoms with Crippen LogP contribution in [0.4, 0.5) is 5.69 Å². The summed E-state index contributed by atoms with van der Waals surface area (Å²) < 4.78 is 11.5. The molecule has 1 heterocycles. The van der Waals surface area contributed by atoms with Crippen molar-refractivity contribution in [1.29, 1.82) is 0 Å². The molecule has 5 rings (SSSR count). The number of hydrogen-bond acceptors (Lipinski definition) is 5. The lowest BCUT2D eigenvalue weighted by molar-refractivity contribution is -0.147. The van der Waals surface area contributed by atoms with E-state index < -0.39 is 11.5 Å². The molecule has 190 valence electrons. The van der Waals surface area contributed by atoms with Gasteiger partial charge in [-0.1, -0.05) is 84.9 Å². The molecule has 4 aromatic rings. The van der Waals surface area contributed by atoms with Crippen LogP contribution >= 0.6 is 0 Å². The first-order valence-corrected chi connectivity index (χ1v) is 12.5. The van der Waals surface area contributed by atoms with Gasteiger partial charge in [0, 0.05) is 29.8 Å². The van der Waals surface area contributed by atoms with Gasteiger partial charge in [-0.05, 0) is 35.4 Å². The lowest BCUT2D eigenvalue weighted by atomic mass is 9.82. The molecule has 1 aliphatic heterocycles. The van der Waals surface area contributed by atoms with E-state index in [9.17, 15) is 9.59 Å². The second-order valence-electron chi connectivity index (χ2n) is 9.24. The van der Waals surface area contributed by atoms with Crippen LogP contribution in [-0.4, -0.2) is 18.9 Å². The van der Waals surface area contributed by atoms with Crippen LogP contribution in [0.1, 0.15) is 39.0 Å². The number of anilines is 1. The van der Waals surface area contributed by atoms with Crippen LogP contribution in [0.3, 0.4) is 0 Å². The van der Waals surface area contributed by atoms with Crippen molar-refractivity contribution in [1.82, 2.24) is 0 Å².